The van der Waals surface area contributed by atoms with Gasteiger partial charge in [-0.05, 0) is 12.1 Å². The van der Waals surface area contributed by atoms with Crippen LogP contribution in [-0.4, -0.2) is 29.1 Å². The molecule has 8 heteroatoms. The minimum Gasteiger partial charge on any atom is -0.490 e. The molecule has 3 aromatic rings. The van der Waals surface area contributed by atoms with Crippen LogP contribution >= 0.6 is 11.6 Å². The number of aromatic nitrogens is 2. The van der Waals surface area contributed by atoms with Gasteiger partial charge in [0.05, 0.1) is 34.8 Å². The van der Waals surface area contributed by atoms with Gasteiger partial charge in [-0.2, -0.15) is 0 Å². The van der Waals surface area contributed by atoms with Gasteiger partial charge in [0.1, 0.15) is 5.82 Å². The Morgan fingerprint density at radius 1 is 1.18 bits per heavy atom. The maximum Gasteiger partial charge on any atom is 0.258 e. The van der Waals surface area contributed by atoms with Crippen LogP contribution < -0.4 is 20.3 Å². The molecule has 1 aliphatic rings. The van der Waals surface area contributed by atoms with Gasteiger partial charge in [0.15, 0.2) is 11.5 Å². The third-order valence-electron chi connectivity index (χ3n) is 4.36. The third-order valence-corrected chi connectivity index (χ3v) is 4.67. The monoisotopic (exact) mass is 399 g/mol. The van der Waals surface area contributed by atoms with Crippen LogP contribution in [0.4, 0.5) is 5.69 Å². The highest BCUT2D eigenvalue weighted by Crippen LogP contribution is 2.37. The lowest BCUT2D eigenvalue weighted by molar-refractivity contribution is -0.116. The Morgan fingerprint density at radius 3 is 2.75 bits per heavy atom. The van der Waals surface area contributed by atoms with E-state index in [0.29, 0.717) is 58.6 Å². The molecule has 2 aromatic carbocycles. The molecule has 0 bridgehead atoms. The van der Waals surface area contributed by atoms with Crippen LogP contribution in [0.2, 0.25) is 5.02 Å². The third kappa shape index (κ3) is 3.94. The number of H-pyrrole nitrogens is 1. The zero-order chi connectivity index (χ0) is 19.5. The molecule has 2 N–H and O–H groups in total. The summed E-state index contributed by atoms with van der Waals surface area (Å²) in [6.07, 6.45) is 1.23. The SMILES string of the molecule is O=C(CCc1nc2ccccc2c(=O)[nH]1)Nc1cc2c(cc1Cl)OCCCO2. The van der Waals surface area contributed by atoms with Crippen LogP contribution in [0.1, 0.15) is 18.7 Å². The zero-order valence-electron chi connectivity index (χ0n) is 15.0. The highest BCUT2D eigenvalue weighted by atomic mass is 35.5. The molecule has 1 amide bonds. The quantitative estimate of drug-likeness (QED) is 0.702. The molecule has 7 nitrogen and oxygen atoms in total. The summed E-state index contributed by atoms with van der Waals surface area (Å²) in [7, 11) is 0. The second-order valence-electron chi connectivity index (χ2n) is 6.41. The molecule has 1 aliphatic heterocycles. The predicted molar refractivity (Wildman–Crippen MR) is 106 cm³/mol. The molecule has 0 atom stereocenters. The Hall–Kier alpha value is -3.06. The average Bonchev–Trinajstić information content (AvgIpc) is 2.92. The van der Waals surface area contributed by atoms with Crippen molar-refractivity contribution in [3.8, 4) is 11.5 Å². The predicted octanol–water partition coefficient (Wildman–Crippen LogP) is 3.31. The van der Waals surface area contributed by atoms with Crippen molar-refractivity contribution in [2.75, 3.05) is 18.5 Å². The number of amides is 1. The number of carbonyl (C=O) groups is 1. The molecule has 4 rings (SSSR count). The van der Waals surface area contributed by atoms with Gasteiger partial charge in [0, 0.05) is 31.4 Å². The Bertz CT molecular complexity index is 1100. The normalized spacial score (nSPS) is 13.2. The lowest BCUT2D eigenvalue weighted by atomic mass is 10.2. The van der Waals surface area contributed by atoms with Crippen LogP contribution in [0, 0.1) is 0 Å². The molecule has 28 heavy (non-hydrogen) atoms. The Labute approximate surface area is 165 Å². The van der Waals surface area contributed by atoms with E-state index in [4.69, 9.17) is 21.1 Å². The fraction of sp³-hybridized carbons (Fsp3) is 0.250. The zero-order valence-corrected chi connectivity index (χ0v) is 15.7. The number of rotatable bonds is 4. The first-order valence-electron chi connectivity index (χ1n) is 8.97. The summed E-state index contributed by atoms with van der Waals surface area (Å²) in [6.45, 7) is 1.11. The van der Waals surface area contributed by atoms with Crippen molar-refractivity contribution in [2.24, 2.45) is 0 Å². The van der Waals surface area contributed by atoms with E-state index in [2.05, 4.69) is 15.3 Å². The van der Waals surface area contributed by atoms with Crippen molar-refractivity contribution >= 4 is 34.1 Å². The van der Waals surface area contributed by atoms with Gasteiger partial charge in [-0.25, -0.2) is 4.98 Å². The smallest absolute Gasteiger partial charge is 0.258 e. The lowest BCUT2D eigenvalue weighted by Crippen LogP contribution is -2.16. The maximum atomic E-state index is 12.4. The molecule has 0 aliphatic carbocycles. The molecule has 0 fully saturated rings. The lowest BCUT2D eigenvalue weighted by Gasteiger charge is -2.12. The molecule has 144 valence electrons. The highest BCUT2D eigenvalue weighted by molar-refractivity contribution is 6.34. The second kappa shape index (κ2) is 7.90. The largest absolute Gasteiger partial charge is 0.490 e. The maximum absolute atomic E-state index is 12.4. The summed E-state index contributed by atoms with van der Waals surface area (Å²) >= 11 is 6.25. The van der Waals surface area contributed by atoms with Gasteiger partial charge >= 0.3 is 0 Å². The Morgan fingerprint density at radius 2 is 1.93 bits per heavy atom. The fourth-order valence-corrected chi connectivity index (χ4v) is 3.18. The summed E-state index contributed by atoms with van der Waals surface area (Å²) in [5.74, 6) is 1.34. The van der Waals surface area contributed by atoms with Gasteiger partial charge in [0.25, 0.3) is 5.56 Å². The number of aromatic amines is 1. The van der Waals surface area contributed by atoms with Crippen molar-refractivity contribution in [1.82, 2.24) is 9.97 Å². The molecule has 1 aromatic heterocycles. The topological polar surface area (TPSA) is 93.3 Å². The number of hydrogen-bond donors (Lipinski definition) is 2. The first kappa shape index (κ1) is 18.3. The Kier molecular flexibility index (Phi) is 5.16. The van der Waals surface area contributed by atoms with Crippen LogP contribution in [0.15, 0.2) is 41.2 Å². The number of aryl methyl sites for hydroxylation is 1. The number of nitrogens with one attached hydrogen (secondary N) is 2. The minimum atomic E-state index is -0.243. The van der Waals surface area contributed by atoms with E-state index >= 15 is 0 Å². The van der Waals surface area contributed by atoms with E-state index < -0.39 is 0 Å². The van der Waals surface area contributed by atoms with Crippen LogP contribution in [0.5, 0.6) is 11.5 Å². The summed E-state index contributed by atoms with van der Waals surface area (Å²) in [5, 5.41) is 3.67. The van der Waals surface area contributed by atoms with Crippen molar-refractivity contribution < 1.29 is 14.3 Å². The molecule has 2 heterocycles. The van der Waals surface area contributed by atoms with Gasteiger partial charge in [-0.3, -0.25) is 9.59 Å². The summed E-state index contributed by atoms with van der Waals surface area (Å²) in [5.41, 5.74) is 0.843. The fourth-order valence-electron chi connectivity index (χ4n) is 2.98. The van der Waals surface area contributed by atoms with Crippen molar-refractivity contribution in [3.05, 3.63) is 57.6 Å². The first-order valence-corrected chi connectivity index (χ1v) is 9.35. The minimum absolute atomic E-state index is 0.145. The Balaban J connectivity index is 1.45. The summed E-state index contributed by atoms with van der Waals surface area (Å²) in [6, 6.07) is 10.4. The summed E-state index contributed by atoms with van der Waals surface area (Å²) in [4.78, 5) is 31.6. The molecule has 0 saturated heterocycles. The molecule has 0 spiro atoms. The van der Waals surface area contributed by atoms with Gasteiger partial charge in [-0.1, -0.05) is 23.7 Å². The molecule has 0 radical (unpaired) electrons. The number of carbonyl (C=O) groups excluding carboxylic acids is 1. The molecule has 0 saturated carbocycles. The molecular formula is C20H18ClN3O4. The van der Waals surface area contributed by atoms with E-state index in [1.54, 1.807) is 30.3 Å². The van der Waals surface area contributed by atoms with Crippen LogP contribution in [0.25, 0.3) is 10.9 Å². The highest BCUT2D eigenvalue weighted by Gasteiger charge is 2.16. The van der Waals surface area contributed by atoms with Gasteiger partial charge in [-0.15, -0.1) is 0 Å². The first-order chi connectivity index (χ1) is 13.6. The average molecular weight is 400 g/mol. The molecular weight excluding hydrogens is 382 g/mol. The number of anilines is 1. The van der Waals surface area contributed by atoms with Gasteiger partial charge in [0.2, 0.25) is 5.91 Å². The van der Waals surface area contributed by atoms with E-state index in [-0.39, 0.29) is 17.9 Å². The van der Waals surface area contributed by atoms with Crippen molar-refractivity contribution in [3.63, 3.8) is 0 Å². The number of hydrogen-bond acceptors (Lipinski definition) is 5. The standard InChI is InChI=1S/C20H18ClN3O4/c21-13-10-16-17(28-9-3-8-27-16)11-15(13)23-19(25)7-6-18-22-14-5-2-1-4-12(14)20(26)24-18/h1-2,4-5,10-11H,3,6-9H2,(H,23,25)(H,22,24,26). The molecule has 0 unspecified atom stereocenters. The summed E-state index contributed by atoms with van der Waals surface area (Å²) < 4.78 is 11.2. The number of nitrogens with zero attached hydrogens (tertiary/aromatic N) is 1. The van der Waals surface area contributed by atoms with Crippen LogP contribution in [-0.2, 0) is 11.2 Å². The van der Waals surface area contributed by atoms with E-state index in [0.717, 1.165) is 6.42 Å². The van der Waals surface area contributed by atoms with E-state index in [9.17, 15) is 9.59 Å². The number of benzene rings is 2. The second-order valence-corrected chi connectivity index (χ2v) is 6.81. The number of halogens is 1. The van der Waals surface area contributed by atoms with Crippen LogP contribution in [0.3, 0.4) is 0 Å². The van der Waals surface area contributed by atoms with Crippen molar-refractivity contribution in [1.29, 1.82) is 0 Å². The van der Waals surface area contributed by atoms with Crippen molar-refractivity contribution in [2.45, 2.75) is 19.3 Å². The van der Waals surface area contributed by atoms with E-state index in [1.165, 1.54) is 0 Å². The number of ether oxygens (including phenoxy) is 2. The van der Waals surface area contributed by atoms with Gasteiger partial charge < -0.3 is 19.8 Å². The number of para-hydroxylation sites is 1. The van der Waals surface area contributed by atoms with E-state index in [1.807, 2.05) is 6.07 Å². The number of fused-ring (bicyclic) bond motifs is 2.